The number of pyridine rings is 1. The molecule has 0 spiro atoms. The average Bonchev–Trinajstić information content (AvgIpc) is 3.17. The minimum atomic E-state index is -0.147. The monoisotopic (exact) mass is 327 g/mol. The molecule has 6 heteroatoms. The van der Waals surface area contributed by atoms with E-state index in [4.69, 9.17) is 16.9 Å². The largest absolute Gasteiger partial charge is 0.335 e. The van der Waals surface area contributed by atoms with Gasteiger partial charge in [-0.3, -0.25) is 4.79 Å². The highest BCUT2D eigenvalue weighted by atomic mass is 79.9. The first-order valence-corrected chi connectivity index (χ1v) is 6.79. The molecule has 1 heterocycles. The molecular weight excluding hydrogens is 318 g/mol. The summed E-state index contributed by atoms with van der Waals surface area (Å²) in [6.45, 7) is 0.447. The van der Waals surface area contributed by atoms with E-state index >= 15 is 0 Å². The summed E-state index contributed by atoms with van der Waals surface area (Å²) in [6.07, 6.45) is 3.88. The van der Waals surface area contributed by atoms with Crippen molar-refractivity contribution in [1.82, 2.24) is 9.88 Å². The van der Waals surface area contributed by atoms with E-state index in [1.165, 1.54) is 0 Å². The van der Waals surface area contributed by atoms with Crippen LogP contribution in [0.1, 0.15) is 29.6 Å². The molecule has 4 nitrogen and oxygen atoms in total. The van der Waals surface area contributed by atoms with Crippen LogP contribution in [0.5, 0.6) is 0 Å². The zero-order valence-corrected chi connectivity index (χ0v) is 11.9. The van der Waals surface area contributed by atoms with Gasteiger partial charge >= 0.3 is 0 Å². The van der Waals surface area contributed by atoms with Crippen molar-refractivity contribution >= 4 is 33.4 Å². The van der Waals surface area contributed by atoms with Crippen LogP contribution in [0.25, 0.3) is 0 Å². The van der Waals surface area contributed by atoms with Gasteiger partial charge in [0.05, 0.1) is 18.1 Å². The van der Waals surface area contributed by atoms with E-state index in [0.717, 1.165) is 12.8 Å². The Kier molecular flexibility index (Phi) is 4.20. The van der Waals surface area contributed by atoms with Crippen LogP contribution in [-0.4, -0.2) is 28.4 Å². The molecule has 1 aliphatic rings. The maximum atomic E-state index is 12.4. The normalized spacial score (nSPS) is 14.1. The van der Waals surface area contributed by atoms with Crippen molar-refractivity contribution in [2.24, 2.45) is 0 Å². The maximum Gasteiger partial charge on any atom is 0.257 e. The molecule has 0 saturated heterocycles. The van der Waals surface area contributed by atoms with Crippen molar-refractivity contribution in [2.75, 3.05) is 6.54 Å². The van der Waals surface area contributed by atoms with Gasteiger partial charge in [0, 0.05) is 23.3 Å². The van der Waals surface area contributed by atoms with Gasteiger partial charge in [0.1, 0.15) is 5.15 Å². The first-order chi connectivity index (χ1) is 8.63. The van der Waals surface area contributed by atoms with Gasteiger partial charge in [0.25, 0.3) is 5.91 Å². The molecule has 1 aromatic heterocycles. The highest BCUT2D eigenvalue weighted by Crippen LogP contribution is 2.30. The molecule has 2 rings (SSSR count). The second-order valence-electron chi connectivity index (χ2n) is 4.13. The van der Waals surface area contributed by atoms with Gasteiger partial charge in [0.2, 0.25) is 0 Å². The predicted molar refractivity (Wildman–Crippen MR) is 71.2 cm³/mol. The fraction of sp³-hybridized carbons (Fsp3) is 0.417. The third-order valence-electron chi connectivity index (χ3n) is 2.75. The van der Waals surface area contributed by atoms with Gasteiger partial charge in [0.15, 0.2) is 0 Å². The fourth-order valence-corrected chi connectivity index (χ4v) is 2.25. The number of halogens is 2. The summed E-state index contributed by atoms with van der Waals surface area (Å²) >= 11 is 9.22. The van der Waals surface area contributed by atoms with Gasteiger partial charge in [-0.05, 0) is 34.8 Å². The van der Waals surface area contributed by atoms with E-state index in [0.29, 0.717) is 23.0 Å². The lowest BCUT2D eigenvalue weighted by molar-refractivity contribution is 0.0746. The molecular formula is C12H11BrClN3O. The van der Waals surface area contributed by atoms with Crippen LogP contribution in [-0.2, 0) is 0 Å². The molecule has 1 saturated carbocycles. The third kappa shape index (κ3) is 3.01. The van der Waals surface area contributed by atoms with Crippen molar-refractivity contribution in [1.29, 1.82) is 5.26 Å². The van der Waals surface area contributed by atoms with Gasteiger partial charge in [-0.25, -0.2) is 4.98 Å². The Hall–Kier alpha value is -1.12. The number of hydrogen-bond acceptors (Lipinski definition) is 3. The number of carbonyl (C=O) groups is 1. The summed E-state index contributed by atoms with van der Waals surface area (Å²) in [5.74, 6) is -0.147. The average molecular weight is 329 g/mol. The van der Waals surface area contributed by atoms with Crippen molar-refractivity contribution < 1.29 is 4.79 Å². The van der Waals surface area contributed by atoms with Crippen LogP contribution in [0.3, 0.4) is 0 Å². The second-order valence-corrected chi connectivity index (χ2v) is 5.40. The van der Waals surface area contributed by atoms with Gasteiger partial charge in [-0.1, -0.05) is 11.6 Å². The van der Waals surface area contributed by atoms with Crippen molar-refractivity contribution in [2.45, 2.75) is 25.3 Å². The van der Waals surface area contributed by atoms with Crippen LogP contribution in [0, 0.1) is 11.3 Å². The van der Waals surface area contributed by atoms with E-state index in [9.17, 15) is 4.79 Å². The van der Waals surface area contributed by atoms with E-state index in [-0.39, 0.29) is 17.1 Å². The number of nitrogens with zero attached hydrogens (tertiary/aromatic N) is 3. The van der Waals surface area contributed by atoms with Crippen LogP contribution in [0.2, 0.25) is 5.15 Å². The molecule has 0 unspecified atom stereocenters. The standard InChI is InChI=1S/C12H11BrClN3O/c13-8-6-10(11(14)16-7-8)12(18)17(5-1-4-15)9-2-3-9/h6-7,9H,1-3,5H2. The summed E-state index contributed by atoms with van der Waals surface area (Å²) in [5, 5.41) is 8.83. The lowest BCUT2D eigenvalue weighted by Gasteiger charge is -2.21. The molecule has 0 atom stereocenters. The first kappa shape index (κ1) is 13.3. The van der Waals surface area contributed by atoms with E-state index in [1.807, 2.05) is 0 Å². The molecule has 1 fully saturated rings. The Balaban J connectivity index is 2.22. The quantitative estimate of drug-likeness (QED) is 0.798. The highest BCUT2D eigenvalue weighted by molar-refractivity contribution is 9.10. The first-order valence-electron chi connectivity index (χ1n) is 5.62. The smallest absolute Gasteiger partial charge is 0.257 e. The SMILES string of the molecule is N#CCCN(C(=O)c1cc(Br)cnc1Cl)C1CC1. The highest BCUT2D eigenvalue weighted by Gasteiger charge is 2.33. The van der Waals surface area contributed by atoms with Gasteiger partial charge in [-0.2, -0.15) is 5.26 Å². The molecule has 94 valence electrons. The van der Waals surface area contributed by atoms with Crippen molar-refractivity contribution in [3.8, 4) is 6.07 Å². The Morgan fingerprint density at radius 3 is 3.00 bits per heavy atom. The summed E-state index contributed by atoms with van der Waals surface area (Å²) in [7, 11) is 0. The summed E-state index contributed by atoms with van der Waals surface area (Å²) in [5.41, 5.74) is 0.385. The summed E-state index contributed by atoms with van der Waals surface area (Å²) in [4.78, 5) is 18.0. The minimum absolute atomic E-state index is 0.147. The molecule has 1 amide bonds. The summed E-state index contributed by atoms with van der Waals surface area (Å²) in [6, 6.07) is 3.98. The van der Waals surface area contributed by atoms with Crippen LogP contribution in [0.15, 0.2) is 16.7 Å². The number of amides is 1. The van der Waals surface area contributed by atoms with Crippen molar-refractivity contribution in [3.05, 3.63) is 27.5 Å². The van der Waals surface area contributed by atoms with E-state index in [1.54, 1.807) is 17.2 Å². The Bertz CT molecular complexity index is 511. The molecule has 1 aliphatic carbocycles. The summed E-state index contributed by atoms with van der Waals surface area (Å²) < 4.78 is 0.714. The predicted octanol–water partition coefficient (Wildman–Crippen LogP) is 3.02. The number of aromatic nitrogens is 1. The second kappa shape index (κ2) is 5.68. The number of rotatable bonds is 4. The molecule has 1 aromatic rings. The van der Waals surface area contributed by atoms with Crippen molar-refractivity contribution in [3.63, 3.8) is 0 Å². The maximum absolute atomic E-state index is 12.4. The Morgan fingerprint density at radius 2 is 2.39 bits per heavy atom. The zero-order valence-electron chi connectivity index (χ0n) is 9.57. The third-order valence-corrected chi connectivity index (χ3v) is 3.48. The Morgan fingerprint density at radius 1 is 1.67 bits per heavy atom. The van der Waals surface area contributed by atoms with Crippen LogP contribution in [0.4, 0.5) is 0 Å². The number of nitriles is 1. The van der Waals surface area contributed by atoms with Crippen LogP contribution < -0.4 is 0 Å². The van der Waals surface area contributed by atoms with Gasteiger partial charge < -0.3 is 4.90 Å². The van der Waals surface area contributed by atoms with E-state index < -0.39 is 0 Å². The molecule has 0 bridgehead atoms. The lowest BCUT2D eigenvalue weighted by Crippen LogP contribution is -2.34. The number of carbonyl (C=O) groups excluding carboxylic acids is 1. The Labute approximate surface area is 119 Å². The topological polar surface area (TPSA) is 57.0 Å². The lowest BCUT2D eigenvalue weighted by atomic mass is 10.2. The molecule has 0 radical (unpaired) electrons. The number of hydrogen-bond donors (Lipinski definition) is 0. The van der Waals surface area contributed by atoms with Gasteiger partial charge in [-0.15, -0.1) is 0 Å². The van der Waals surface area contributed by atoms with E-state index in [2.05, 4.69) is 27.0 Å². The molecule has 18 heavy (non-hydrogen) atoms. The molecule has 0 aliphatic heterocycles. The molecule has 0 aromatic carbocycles. The minimum Gasteiger partial charge on any atom is -0.335 e. The fourth-order valence-electron chi connectivity index (χ4n) is 1.73. The molecule has 0 N–H and O–H groups in total. The van der Waals surface area contributed by atoms with Crippen LogP contribution >= 0.6 is 27.5 Å². The zero-order chi connectivity index (χ0) is 13.1.